The van der Waals surface area contributed by atoms with Crippen LogP contribution in [-0.4, -0.2) is 47.8 Å². The van der Waals surface area contributed by atoms with E-state index in [2.05, 4.69) is 34.5 Å². The van der Waals surface area contributed by atoms with Crippen LogP contribution in [0.25, 0.3) is 0 Å². The van der Waals surface area contributed by atoms with E-state index in [0.29, 0.717) is 32.5 Å². The molecule has 5 heteroatoms. The third-order valence-corrected chi connectivity index (χ3v) is 6.08. The average molecular weight is 392 g/mol. The molecule has 29 heavy (non-hydrogen) atoms. The van der Waals surface area contributed by atoms with E-state index in [1.807, 2.05) is 42.2 Å². The molecule has 1 saturated heterocycles. The van der Waals surface area contributed by atoms with Gasteiger partial charge in [0.15, 0.2) is 0 Å². The molecule has 1 aliphatic carbocycles. The maximum absolute atomic E-state index is 13.1. The first-order valence-electron chi connectivity index (χ1n) is 10.5. The lowest BCUT2D eigenvalue weighted by Gasteiger charge is -2.36. The number of rotatable bonds is 6. The molecule has 2 aliphatic rings. The third-order valence-electron chi connectivity index (χ3n) is 6.08. The number of hydrogen-bond acceptors (Lipinski definition) is 3. The highest BCUT2D eigenvalue weighted by atomic mass is 16.2. The van der Waals surface area contributed by atoms with E-state index in [1.54, 1.807) is 0 Å². The molecule has 0 radical (unpaired) electrons. The fourth-order valence-corrected chi connectivity index (χ4v) is 3.97. The summed E-state index contributed by atoms with van der Waals surface area (Å²) in [6, 6.07) is 18.5. The Labute approximate surface area is 172 Å². The van der Waals surface area contributed by atoms with Gasteiger partial charge in [-0.2, -0.15) is 0 Å². The van der Waals surface area contributed by atoms with Crippen LogP contribution in [0.3, 0.4) is 0 Å². The predicted molar refractivity (Wildman–Crippen MR) is 113 cm³/mol. The number of amides is 2. The summed E-state index contributed by atoms with van der Waals surface area (Å²) in [6.07, 6.45) is 1.32. The van der Waals surface area contributed by atoms with Crippen molar-refractivity contribution in [2.75, 3.05) is 26.2 Å². The number of benzene rings is 2. The minimum Gasteiger partial charge on any atom is -0.351 e. The Kier molecular flexibility index (Phi) is 5.67. The van der Waals surface area contributed by atoms with E-state index >= 15 is 0 Å². The zero-order valence-electron chi connectivity index (χ0n) is 17.1. The van der Waals surface area contributed by atoms with E-state index in [-0.39, 0.29) is 11.8 Å². The average Bonchev–Trinajstić information content (AvgIpc) is 3.56. The number of hydrogen-bond donors (Lipinski definition) is 1. The summed E-state index contributed by atoms with van der Waals surface area (Å²) in [4.78, 5) is 30.1. The van der Waals surface area contributed by atoms with Crippen LogP contribution in [0.4, 0.5) is 0 Å². The van der Waals surface area contributed by atoms with Crippen LogP contribution in [0, 0.1) is 12.3 Å². The van der Waals surface area contributed by atoms with E-state index in [9.17, 15) is 9.59 Å². The fourth-order valence-electron chi connectivity index (χ4n) is 3.97. The van der Waals surface area contributed by atoms with Crippen LogP contribution in [-0.2, 0) is 22.7 Å². The molecule has 2 aromatic rings. The molecular weight excluding hydrogens is 362 g/mol. The minimum atomic E-state index is -0.827. The van der Waals surface area contributed by atoms with Gasteiger partial charge in [0.25, 0.3) is 0 Å². The van der Waals surface area contributed by atoms with Crippen LogP contribution < -0.4 is 5.32 Å². The number of aryl methyl sites for hydroxylation is 1. The zero-order valence-corrected chi connectivity index (χ0v) is 17.1. The van der Waals surface area contributed by atoms with Crippen molar-refractivity contribution in [3.8, 4) is 0 Å². The molecule has 2 amide bonds. The van der Waals surface area contributed by atoms with Crippen LogP contribution in [0.2, 0.25) is 0 Å². The van der Waals surface area contributed by atoms with Gasteiger partial charge in [0, 0.05) is 39.3 Å². The molecule has 152 valence electrons. The highest BCUT2D eigenvalue weighted by molar-refractivity contribution is 6.07. The van der Waals surface area contributed by atoms with Crippen LogP contribution in [0.15, 0.2) is 54.6 Å². The first-order chi connectivity index (χ1) is 14.1. The summed E-state index contributed by atoms with van der Waals surface area (Å²) in [7, 11) is 0. The second-order valence-electron chi connectivity index (χ2n) is 8.30. The summed E-state index contributed by atoms with van der Waals surface area (Å²) < 4.78 is 0. The number of piperazine rings is 1. The largest absolute Gasteiger partial charge is 0.351 e. The topological polar surface area (TPSA) is 52.7 Å². The van der Waals surface area contributed by atoms with Gasteiger partial charge in [-0.05, 0) is 30.9 Å². The quantitative estimate of drug-likeness (QED) is 0.771. The van der Waals surface area contributed by atoms with Crippen molar-refractivity contribution in [2.24, 2.45) is 5.41 Å². The van der Waals surface area contributed by atoms with Gasteiger partial charge in [0.1, 0.15) is 5.41 Å². The van der Waals surface area contributed by atoms with Crippen molar-refractivity contribution in [3.63, 3.8) is 0 Å². The Hall–Kier alpha value is -2.66. The van der Waals surface area contributed by atoms with Gasteiger partial charge in [-0.3, -0.25) is 14.5 Å². The summed E-state index contributed by atoms with van der Waals surface area (Å²) in [5.41, 5.74) is 2.72. The highest BCUT2D eigenvalue weighted by Crippen LogP contribution is 2.47. The van der Waals surface area contributed by atoms with Crippen molar-refractivity contribution < 1.29 is 9.59 Å². The van der Waals surface area contributed by atoms with E-state index in [4.69, 9.17) is 0 Å². The Balaban J connectivity index is 1.28. The number of nitrogens with one attached hydrogen (secondary N) is 1. The highest BCUT2D eigenvalue weighted by Gasteiger charge is 2.58. The molecule has 2 fully saturated rings. The molecule has 4 rings (SSSR count). The molecule has 0 bridgehead atoms. The molecule has 0 spiro atoms. The molecule has 1 N–H and O–H groups in total. The van der Waals surface area contributed by atoms with Crippen molar-refractivity contribution in [1.29, 1.82) is 0 Å². The number of carbonyl (C=O) groups is 2. The fraction of sp³-hybridized carbons (Fsp3) is 0.417. The summed E-state index contributed by atoms with van der Waals surface area (Å²) in [5, 5.41) is 2.99. The smallest absolute Gasteiger partial charge is 0.238 e. The molecule has 2 aromatic carbocycles. The second-order valence-corrected chi connectivity index (χ2v) is 8.30. The molecule has 0 unspecified atom stereocenters. The molecule has 1 heterocycles. The first kappa shape index (κ1) is 19.6. The first-order valence-corrected chi connectivity index (χ1v) is 10.5. The Morgan fingerprint density at radius 2 is 1.55 bits per heavy atom. The van der Waals surface area contributed by atoms with Crippen LogP contribution >= 0.6 is 0 Å². The summed E-state index contributed by atoms with van der Waals surface area (Å²) in [5.74, 6) is -0.104. The lowest BCUT2D eigenvalue weighted by atomic mass is 10.0. The molecule has 0 aromatic heterocycles. The zero-order chi connectivity index (χ0) is 20.3. The Bertz CT molecular complexity index is 851. The Morgan fingerprint density at radius 3 is 2.17 bits per heavy atom. The van der Waals surface area contributed by atoms with Gasteiger partial charge in [-0.1, -0.05) is 60.2 Å². The monoisotopic (exact) mass is 391 g/mol. The van der Waals surface area contributed by atoms with E-state index < -0.39 is 5.41 Å². The van der Waals surface area contributed by atoms with E-state index in [0.717, 1.165) is 25.2 Å². The lowest BCUT2D eigenvalue weighted by Crippen LogP contribution is -2.52. The van der Waals surface area contributed by atoms with Crippen molar-refractivity contribution in [3.05, 3.63) is 71.3 Å². The van der Waals surface area contributed by atoms with Crippen molar-refractivity contribution in [1.82, 2.24) is 15.1 Å². The second kappa shape index (κ2) is 8.37. The van der Waals surface area contributed by atoms with Gasteiger partial charge in [0.2, 0.25) is 11.8 Å². The Morgan fingerprint density at radius 1 is 0.897 bits per heavy atom. The maximum atomic E-state index is 13.1. The predicted octanol–water partition coefficient (Wildman–Crippen LogP) is 2.74. The van der Waals surface area contributed by atoms with Crippen molar-refractivity contribution in [2.45, 2.75) is 32.9 Å². The van der Waals surface area contributed by atoms with Crippen LogP contribution in [0.5, 0.6) is 0 Å². The SMILES string of the molecule is Cc1ccc(CNC(=O)C2(C(=O)N3CCN(Cc4ccccc4)CC3)CC2)cc1. The third kappa shape index (κ3) is 4.51. The molecule has 1 saturated carbocycles. The normalized spacial score (nSPS) is 18.3. The maximum Gasteiger partial charge on any atom is 0.238 e. The lowest BCUT2D eigenvalue weighted by molar-refractivity contribution is -0.145. The van der Waals surface area contributed by atoms with Gasteiger partial charge in [0.05, 0.1) is 0 Å². The minimum absolute atomic E-state index is 0.0123. The number of carbonyl (C=O) groups excluding carboxylic acids is 2. The van der Waals surface area contributed by atoms with Gasteiger partial charge in [-0.15, -0.1) is 0 Å². The number of nitrogens with zero attached hydrogens (tertiary/aromatic N) is 2. The summed E-state index contributed by atoms with van der Waals surface area (Å²) in [6.45, 7) is 6.50. The van der Waals surface area contributed by atoms with Crippen LogP contribution in [0.1, 0.15) is 29.5 Å². The van der Waals surface area contributed by atoms with Crippen molar-refractivity contribution >= 4 is 11.8 Å². The van der Waals surface area contributed by atoms with Gasteiger partial charge < -0.3 is 10.2 Å². The molecule has 5 nitrogen and oxygen atoms in total. The van der Waals surface area contributed by atoms with Gasteiger partial charge in [-0.25, -0.2) is 0 Å². The molecular formula is C24H29N3O2. The molecule has 0 atom stereocenters. The van der Waals surface area contributed by atoms with E-state index in [1.165, 1.54) is 11.1 Å². The molecule has 1 aliphatic heterocycles. The summed E-state index contributed by atoms with van der Waals surface area (Å²) >= 11 is 0. The van der Waals surface area contributed by atoms with Gasteiger partial charge >= 0.3 is 0 Å². The standard InChI is InChI=1S/C24H29N3O2/c1-19-7-9-20(10-8-19)17-25-22(28)24(11-12-24)23(29)27-15-13-26(14-16-27)18-21-5-3-2-4-6-21/h2-10H,11-18H2,1H3,(H,25,28).